The van der Waals surface area contributed by atoms with E-state index >= 15 is 0 Å². The number of carbonyl (C=O) groups is 3. The molecule has 0 spiro atoms. The van der Waals surface area contributed by atoms with E-state index in [9.17, 15) is 23.2 Å². The summed E-state index contributed by atoms with van der Waals surface area (Å²) >= 11 is 0. The van der Waals surface area contributed by atoms with E-state index in [1.54, 1.807) is 36.2 Å². The van der Waals surface area contributed by atoms with Gasteiger partial charge in [-0.1, -0.05) is 6.92 Å². The van der Waals surface area contributed by atoms with Gasteiger partial charge in [0.1, 0.15) is 23.2 Å². The Balaban J connectivity index is 1.32. The number of aromatic amines is 1. The fraction of sp³-hybridized carbons (Fsp3) is 0.414. The fourth-order valence-corrected chi connectivity index (χ4v) is 4.58. The van der Waals surface area contributed by atoms with Gasteiger partial charge in [0.15, 0.2) is 0 Å². The van der Waals surface area contributed by atoms with Gasteiger partial charge < -0.3 is 29.6 Å². The van der Waals surface area contributed by atoms with Gasteiger partial charge in [-0.3, -0.25) is 14.4 Å². The number of carbonyl (C=O) groups excluding carboxylic acids is 3. The van der Waals surface area contributed by atoms with Crippen molar-refractivity contribution < 1.29 is 32.6 Å². The summed E-state index contributed by atoms with van der Waals surface area (Å²) in [6.45, 7) is 4.82. The summed E-state index contributed by atoms with van der Waals surface area (Å²) in [4.78, 5) is 44.9. The number of likely N-dealkylation sites (N-methyl/N-ethyl adjacent to an activating group) is 1. The number of amides is 3. The van der Waals surface area contributed by atoms with Gasteiger partial charge in [-0.15, -0.1) is 0 Å². The number of halogens is 2. The number of ether oxygens (including phenoxy) is 2. The van der Waals surface area contributed by atoms with Crippen molar-refractivity contribution in [3.05, 3.63) is 65.4 Å². The second-order valence-electron chi connectivity index (χ2n) is 9.73. The minimum absolute atomic E-state index is 0.0860. The lowest BCUT2D eigenvalue weighted by Crippen LogP contribution is -2.36. The van der Waals surface area contributed by atoms with E-state index in [0.29, 0.717) is 57.3 Å². The summed E-state index contributed by atoms with van der Waals surface area (Å²) in [5.74, 6) is -3.40. The molecule has 0 bridgehead atoms. The number of nitrogens with zero attached hydrogens (tertiary/aromatic N) is 2. The Kier molecular flexibility index (Phi) is 9.84. The molecule has 2 N–H and O–H groups in total. The molecule has 1 aromatic heterocycles. The second kappa shape index (κ2) is 13.5. The molecule has 2 aromatic carbocycles. The standard InChI is InChI=1S/C29H34F2N4O5/c1-3-9-39-11-12-40-10-8-34(2)29(38)26-16-20-15-23(4-5-25(20)33-26)35-7-6-24(28(35)37)27(36)32-18-19-13-21(30)17-22(31)14-19/h4-5,13-17,24,33H,3,6-12,18H2,1-2H3,(H,32,36)/t24-/m1/s1. The lowest BCUT2D eigenvalue weighted by Gasteiger charge is -2.17. The molecule has 3 aromatic rings. The molecule has 1 saturated heterocycles. The van der Waals surface area contributed by atoms with Gasteiger partial charge in [0.2, 0.25) is 11.8 Å². The zero-order valence-corrected chi connectivity index (χ0v) is 22.7. The largest absolute Gasteiger partial charge is 0.379 e. The molecule has 2 heterocycles. The predicted molar refractivity (Wildman–Crippen MR) is 146 cm³/mol. The van der Waals surface area contributed by atoms with Crippen molar-refractivity contribution in [1.82, 2.24) is 15.2 Å². The van der Waals surface area contributed by atoms with Gasteiger partial charge in [-0.2, -0.15) is 0 Å². The summed E-state index contributed by atoms with van der Waals surface area (Å²) in [6.07, 6.45) is 1.27. The highest BCUT2D eigenvalue weighted by atomic mass is 19.1. The summed E-state index contributed by atoms with van der Waals surface area (Å²) in [5, 5.41) is 3.36. The van der Waals surface area contributed by atoms with Crippen LogP contribution in [0.15, 0.2) is 42.5 Å². The molecular weight excluding hydrogens is 522 g/mol. The Morgan fingerprint density at radius 2 is 1.77 bits per heavy atom. The van der Waals surface area contributed by atoms with Crippen LogP contribution in [0.5, 0.6) is 0 Å². The summed E-state index contributed by atoms with van der Waals surface area (Å²) in [7, 11) is 1.70. The molecular formula is C29H34F2N4O5. The zero-order valence-electron chi connectivity index (χ0n) is 22.7. The van der Waals surface area contributed by atoms with Crippen LogP contribution in [0.2, 0.25) is 0 Å². The molecule has 1 fully saturated rings. The Morgan fingerprint density at radius 3 is 2.50 bits per heavy atom. The van der Waals surface area contributed by atoms with E-state index in [-0.39, 0.29) is 23.9 Å². The third-order valence-electron chi connectivity index (χ3n) is 6.70. The highest BCUT2D eigenvalue weighted by molar-refractivity contribution is 6.10. The van der Waals surface area contributed by atoms with E-state index in [1.165, 1.54) is 4.90 Å². The summed E-state index contributed by atoms with van der Waals surface area (Å²) in [5.41, 5.74) is 2.05. The lowest BCUT2D eigenvalue weighted by atomic mass is 10.1. The molecule has 214 valence electrons. The molecule has 0 aliphatic carbocycles. The topological polar surface area (TPSA) is 104 Å². The SMILES string of the molecule is CCCOCCOCCN(C)C(=O)c1cc2cc(N3CC[C@H](C(=O)NCc4cc(F)cc(F)c4)C3=O)ccc2[nH]1. The number of rotatable bonds is 13. The minimum Gasteiger partial charge on any atom is -0.379 e. The number of hydrogen-bond acceptors (Lipinski definition) is 5. The number of nitrogens with one attached hydrogen (secondary N) is 2. The van der Waals surface area contributed by atoms with Crippen LogP contribution in [0.4, 0.5) is 14.5 Å². The number of aromatic nitrogens is 1. The normalized spacial score (nSPS) is 15.2. The fourth-order valence-electron chi connectivity index (χ4n) is 4.58. The third-order valence-corrected chi connectivity index (χ3v) is 6.70. The lowest BCUT2D eigenvalue weighted by molar-refractivity contribution is -0.132. The van der Waals surface area contributed by atoms with Crippen LogP contribution < -0.4 is 10.2 Å². The molecule has 1 aliphatic rings. The van der Waals surface area contributed by atoms with Crippen LogP contribution in [-0.2, 0) is 25.6 Å². The van der Waals surface area contributed by atoms with Crippen molar-refractivity contribution in [3.8, 4) is 0 Å². The molecule has 9 nitrogen and oxygen atoms in total. The van der Waals surface area contributed by atoms with Gasteiger partial charge in [0.05, 0.1) is 19.8 Å². The van der Waals surface area contributed by atoms with Crippen molar-refractivity contribution in [2.75, 3.05) is 51.5 Å². The molecule has 40 heavy (non-hydrogen) atoms. The summed E-state index contributed by atoms with van der Waals surface area (Å²) in [6, 6.07) is 10.1. The quantitative estimate of drug-likeness (QED) is 0.247. The maximum Gasteiger partial charge on any atom is 0.270 e. The van der Waals surface area contributed by atoms with E-state index in [1.807, 2.05) is 6.92 Å². The Hall–Kier alpha value is -3.83. The smallest absolute Gasteiger partial charge is 0.270 e. The first-order valence-corrected chi connectivity index (χ1v) is 13.3. The van der Waals surface area contributed by atoms with Crippen LogP contribution in [0.1, 0.15) is 35.8 Å². The average Bonchev–Trinajstić information content (AvgIpc) is 3.53. The Bertz CT molecular complexity index is 1340. The molecule has 3 amide bonds. The molecule has 4 rings (SSSR count). The number of hydrogen-bond donors (Lipinski definition) is 2. The molecule has 11 heteroatoms. The van der Waals surface area contributed by atoms with Crippen molar-refractivity contribution in [2.45, 2.75) is 26.3 Å². The van der Waals surface area contributed by atoms with Gasteiger partial charge in [-0.05, 0) is 54.8 Å². The monoisotopic (exact) mass is 556 g/mol. The number of H-pyrrole nitrogens is 1. The molecule has 0 saturated carbocycles. The second-order valence-corrected chi connectivity index (χ2v) is 9.73. The maximum atomic E-state index is 13.4. The number of fused-ring (bicyclic) bond motifs is 1. The van der Waals surface area contributed by atoms with E-state index in [0.717, 1.165) is 35.5 Å². The highest BCUT2D eigenvalue weighted by Crippen LogP contribution is 2.29. The molecule has 1 aliphatic heterocycles. The third kappa shape index (κ3) is 7.22. The zero-order chi connectivity index (χ0) is 28.6. The van der Waals surface area contributed by atoms with Gasteiger partial charge in [0.25, 0.3) is 5.91 Å². The van der Waals surface area contributed by atoms with Crippen molar-refractivity contribution in [2.24, 2.45) is 5.92 Å². The van der Waals surface area contributed by atoms with Gasteiger partial charge in [0, 0.05) is 55.9 Å². The molecule has 0 radical (unpaired) electrons. The van der Waals surface area contributed by atoms with Crippen LogP contribution >= 0.6 is 0 Å². The van der Waals surface area contributed by atoms with Crippen molar-refractivity contribution in [1.29, 1.82) is 0 Å². The van der Waals surface area contributed by atoms with Crippen molar-refractivity contribution in [3.63, 3.8) is 0 Å². The first-order chi connectivity index (χ1) is 19.3. The minimum atomic E-state index is -0.897. The van der Waals surface area contributed by atoms with Gasteiger partial charge >= 0.3 is 0 Å². The number of benzene rings is 2. The van der Waals surface area contributed by atoms with Crippen LogP contribution in [0.3, 0.4) is 0 Å². The molecule has 0 unspecified atom stereocenters. The van der Waals surface area contributed by atoms with E-state index < -0.39 is 23.5 Å². The van der Waals surface area contributed by atoms with Crippen LogP contribution in [-0.4, -0.2) is 74.2 Å². The van der Waals surface area contributed by atoms with E-state index in [4.69, 9.17) is 9.47 Å². The van der Waals surface area contributed by atoms with Crippen molar-refractivity contribution >= 4 is 34.3 Å². The highest BCUT2D eigenvalue weighted by Gasteiger charge is 2.37. The average molecular weight is 557 g/mol. The first-order valence-electron chi connectivity index (χ1n) is 13.3. The summed E-state index contributed by atoms with van der Waals surface area (Å²) < 4.78 is 37.7. The Labute approximate surface area is 231 Å². The maximum absolute atomic E-state index is 13.4. The first kappa shape index (κ1) is 29.2. The van der Waals surface area contributed by atoms with Crippen LogP contribution in [0.25, 0.3) is 10.9 Å². The Morgan fingerprint density at radius 1 is 1.05 bits per heavy atom. The van der Waals surface area contributed by atoms with E-state index in [2.05, 4.69) is 10.3 Å². The predicted octanol–water partition coefficient (Wildman–Crippen LogP) is 3.63. The van der Waals surface area contributed by atoms with Crippen LogP contribution in [0, 0.1) is 17.6 Å². The number of anilines is 1. The van der Waals surface area contributed by atoms with Gasteiger partial charge in [-0.25, -0.2) is 8.78 Å². The molecule has 1 atom stereocenters.